The lowest BCUT2D eigenvalue weighted by atomic mass is 10.1. The van der Waals surface area contributed by atoms with Crippen LogP contribution in [0.2, 0.25) is 0 Å². The van der Waals surface area contributed by atoms with Crippen molar-refractivity contribution in [1.82, 2.24) is 4.72 Å². The van der Waals surface area contributed by atoms with Crippen LogP contribution in [0.15, 0.2) is 59.5 Å². The molecule has 0 aliphatic heterocycles. The number of hydrogen-bond donors (Lipinski definition) is 2. The molecule has 0 aromatic heterocycles. The molecule has 0 spiro atoms. The first-order chi connectivity index (χ1) is 10.4. The van der Waals surface area contributed by atoms with Crippen molar-refractivity contribution in [1.29, 1.82) is 0 Å². The molecule has 0 radical (unpaired) electrons. The number of nitrogens with one attached hydrogen (secondary N) is 1. The van der Waals surface area contributed by atoms with E-state index < -0.39 is 32.7 Å². The Morgan fingerprint density at radius 1 is 1.09 bits per heavy atom. The first-order valence-corrected chi connectivity index (χ1v) is 7.92. The largest absolute Gasteiger partial charge is 0.480 e. The van der Waals surface area contributed by atoms with Crippen molar-refractivity contribution in [3.05, 3.63) is 66.0 Å². The van der Waals surface area contributed by atoms with Gasteiger partial charge in [-0.1, -0.05) is 42.5 Å². The van der Waals surface area contributed by atoms with E-state index in [4.69, 9.17) is 0 Å². The summed E-state index contributed by atoms with van der Waals surface area (Å²) in [6, 6.07) is 12.0. The van der Waals surface area contributed by atoms with Gasteiger partial charge in [-0.05, 0) is 24.1 Å². The highest BCUT2D eigenvalue weighted by Gasteiger charge is 2.27. The molecule has 2 aromatic rings. The monoisotopic (exact) mass is 323 g/mol. The highest BCUT2D eigenvalue weighted by atomic mass is 32.2. The number of carbonyl (C=O) groups is 1. The number of carboxylic acid groups (broad SMARTS) is 1. The zero-order valence-electron chi connectivity index (χ0n) is 11.4. The van der Waals surface area contributed by atoms with Gasteiger partial charge >= 0.3 is 5.97 Å². The van der Waals surface area contributed by atoms with Crippen LogP contribution in [0.4, 0.5) is 4.39 Å². The molecule has 2 N–H and O–H groups in total. The van der Waals surface area contributed by atoms with E-state index in [2.05, 4.69) is 0 Å². The molecule has 0 aliphatic carbocycles. The molecule has 1 atom stereocenters. The number of halogens is 1. The maximum Gasteiger partial charge on any atom is 0.322 e. The smallest absolute Gasteiger partial charge is 0.322 e. The number of hydrogen-bond acceptors (Lipinski definition) is 3. The van der Waals surface area contributed by atoms with Crippen LogP contribution in [0, 0.1) is 5.82 Å². The minimum Gasteiger partial charge on any atom is -0.480 e. The van der Waals surface area contributed by atoms with Crippen LogP contribution in [-0.2, 0) is 21.2 Å². The van der Waals surface area contributed by atoms with E-state index in [1.165, 1.54) is 12.1 Å². The van der Waals surface area contributed by atoms with Crippen molar-refractivity contribution in [3.8, 4) is 0 Å². The van der Waals surface area contributed by atoms with E-state index in [0.29, 0.717) is 5.56 Å². The molecule has 0 unspecified atom stereocenters. The molecular weight excluding hydrogens is 309 g/mol. The molecule has 0 fully saturated rings. The molecule has 0 heterocycles. The molecule has 0 saturated carbocycles. The lowest BCUT2D eigenvalue weighted by Crippen LogP contribution is -2.42. The van der Waals surface area contributed by atoms with Gasteiger partial charge in [-0.25, -0.2) is 12.8 Å². The number of benzene rings is 2. The lowest BCUT2D eigenvalue weighted by Gasteiger charge is -2.15. The van der Waals surface area contributed by atoms with Gasteiger partial charge < -0.3 is 5.11 Å². The summed E-state index contributed by atoms with van der Waals surface area (Å²) < 4.78 is 39.9. The van der Waals surface area contributed by atoms with Gasteiger partial charge in [-0.3, -0.25) is 4.79 Å². The average Bonchev–Trinajstić information content (AvgIpc) is 2.47. The predicted octanol–water partition coefficient (Wildman–Crippen LogP) is 1.80. The fourth-order valence-corrected chi connectivity index (χ4v) is 3.21. The number of aliphatic carboxylic acids is 1. The Morgan fingerprint density at radius 2 is 1.68 bits per heavy atom. The number of carboxylic acids is 1. The summed E-state index contributed by atoms with van der Waals surface area (Å²) in [5.41, 5.74) is 0.658. The van der Waals surface area contributed by atoms with Crippen LogP contribution in [-0.4, -0.2) is 25.5 Å². The Morgan fingerprint density at radius 3 is 2.27 bits per heavy atom. The molecule has 22 heavy (non-hydrogen) atoms. The summed E-state index contributed by atoms with van der Waals surface area (Å²) in [7, 11) is -4.26. The summed E-state index contributed by atoms with van der Waals surface area (Å²) in [6.07, 6.45) is -0.0378. The fraction of sp³-hybridized carbons (Fsp3) is 0.133. The second-order valence-electron chi connectivity index (χ2n) is 4.63. The van der Waals surface area contributed by atoms with E-state index in [0.717, 1.165) is 12.1 Å². The van der Waals surface area contributed by atoms with Gasteiger partial charge in [0.15, 0.2) is 0 Å². The van der Waals surface area contributed by atoms with Crippen molar-refractivity contribution >= 4 is 16.0 Å². The lowest BCUT2D eigenvalue weighted by molar-refractivity contribution is -0.138. The fourth-order valence-electron chi connectivity index (χ4n) is 1.94. The van der Waals surface area contributed by atoms with E-state index >= 15 is 0 Å². The minimum absolute atomic E-state index is 0.0378. The van der Waals surface area contributed by atoms with Crippen molar-refractivity contribution in [2.45, 2.75) is 17.4 Å². The van der Waals surface area contributed by atoms with Crippen LogP contribution < -0.4 is 4.72 Å². The third-order valence-corrected chi connectivity index (χ3v) is 4.51. The summed E-state index contributed by atoms with van der Waals surface area (Å²) in [5.74, 6) is -2.26. The molecule has 2 rings (SSSR count). The Bertz CT molecular complexity index is 762. The topological polar surface area (TPSA) is 83.5 Å². The molecule has 0 amide bonds. The van der Waals surface area contributed by atoms with Crippen molar-refractivity contribution in [2.24, 2.45) is 0 Å². The molecule has 7 heteroatoms. The van der Waals surface area contributed by atoms with Crippen LogP contribution in [0.25, 0.3) is 0 Å². The van der Waals surface area contributed by atoms with Crippen LogP contribution in [0.5, 0.6) is 0 Å². The van der Waals surface area contributed by atoms with E-state index in [1.54, 1.807) is 30.3 Å². The van der Waals surface area contributed by atoms with Crippen molar-refractivity contribution in [3.63, 3.8) is 0 Å². The molecule has 116 valence electrons. The van der Waals surface area contributed by atoms with Crippen LogP contribution in [0.1, 0.15) is 5.56 Å². The summed E-state index contributed by atoms with van der Waals surface area (Å²) in [4.78, 5) is 10.7. The van der Waals surface area contributed by atoms with Gasteiger partial charge in [-0.2, -0.15) is 4.72 Å². The third-order valence-electron chi connectivity index (χ3n) is 3.00. The SMILES string of the molecule is O=C(O)[C@H](Cc1ccccc1)NS(=O)(=O)c1ccccc1F. The molecule has 0 bridgehead atoms. The molecule has 0 aliphatic rings. The van der Waals surface area contributed by atoms with E-state index in [-0.39, 0.29) is 6.42 Å². The Labute approximate surface area is 127 Å². The quantitative estimate of drug-likeness (QED) is 0.849. The Kier molecular flexibility index (Phi) is 4.89. The zero-order valence-corrected chi connectivity index (χ0v) is 12.3. The van der Waals surface area contributed by atoms with E-state index in [1.807, 2.05) is 4.72 Å². The highest BCUT2D eigenvalue weighted by Crippen LogP contribution is 2.14. The van der Waals surface area contributed by atoms with Gasteiger partial charge in [0, 0.05) is 0 Å². The standard InChI is InChI=1S/C15H14FNO4S/c16-12-8-4-5-9-14(12)22(20,21)17-13(15(18)19)10-11-6-2-1-3-7-11/h1-9,13,17H,10H2,(H,18,19)/t13-/m0/s1. The van der Waals surface area contributed by atoms with Gasteiger partial charge in [-0.15, -0.1) is 0 Å². The summed E-state index contributed by atoms with van der Waals surface area (Å²) >= 11 is 0. The van der Waals surface area contributed by atoms with Gasteiger partial charge in [0.25, 0.3) is 0 Å². The van der Waals surface area contributed by atoms with Crippen molar-refractivity contribution in [2.75, 3.05) is 0 Å². The molecule has 2 aromatic carbocycles. The number of rotatable bonds is 6. The Hall–Kier alpha value is -2.25. The zero-order chi connectivity index (χ0) is 16.2. The number of sulfonamides is 1. The maximum absolute atomic E-state index is 13.6. The second kappa shape index (κ2) is 6.67. The van der Waals surface area contributed by atoms with Crippen molar-refractivity contribution < 1.29 is 22.7 Å². The predicted molar refractivity (Wildman–Crippen MR) is 78.3 cm³/mol. The Balaban J connectivity index is 2.24. The third kappa shape index (κ3) is 3.90. The first-order valence-electron chi connectivity index (χ1n) is 6.44. The van der Waals surface area contributed by atoms with Crippen LogP contribution in [0.3, 0.4) is 0 Å². The van der Waals surface area contributed by atoms with Gasteiger partial charge in [0.05, 0.1) is 0 Å². The maximum atomic E-state index is 13.6. The normalized spacial score (nSPS) is 12.8. The van der Waals surface area contributed by atoms with Crippen LogP contribution >= 0.6 is 0 Å². The first kappa shape index (κ1) is 16.1. The van der Waals surface area contributed by atoms with Gasteiger partial charge in [0.1, 0.15) is 16.8 Å². The van der Waals surface area contributed by atoms with Gasteiger partial charge in [0.2, 0.25) is 10.0 Å². The molecule has 0 saturated heterocycles. The molecular formula is C15H14FNO4S. The summed E-state index contributed by atoms with van der Waals surface area (Å²) in [6.45, 7) is 0. The minimum atomic E-state index is -4.26. The average molecular weight is 323 g/mol. The summed E-state index contributed by atoms with van der Waals surface area (Å²) in [5, 5.41) is 9.19. The highest BCUT2D eigenvalue weighted by molar-refractivity contribution is 7.89. The van der Waals surface area contributed by atoms with E-state index in [9.17, 15) is 22.7 Å². The molecule has 5 nitrogen and oxygen atoms in total. The second-order valence-corrected chi connectivity index (χ2v) is 6.31.